The average Bonchev–Trinajstić information content (AvgIpc) is 2.44. The Hall–Kier alpha value is -1.99. The molecule has 1 nitrogen and oxygen atoms in total. The van der Waals surface area contributed by atoms with Gasteiger partial charge in [-0.25, -0.2) is 0 Å². The van der Waals surface area contributed by atoms with Crippen molar-refractivity contribution in [2.24, 2.45) is 0 Å². The fourth-order valence-electron chi connectivity index (χ4n) is 2.97. The Labute approximate surface area is 117 Å². The molecule has 0 aromatic heterocycles. The third-order valence-electron chi connectivity index (χ3n) is 3.85. The van der Waals surface area contributed by atoms with E-state index in [4.69, 9.17) is 11.6 Å². The zero-order valence-corrected chi connectivity index (χ0v) is 11.3. The molecule has 0 unspecified atom stereocenters. The van der Waals surface area contributed by atoms with Crippen molar-refractivity contribution in [3.8, 4) is 11.1 Å². The minimum absolute atomic E-state index is 0.781. The van der Waals surface area contributed by atoms with E-state index in [1.54, 1.807) is 0 Å². The van der Waals surface area contributed by atoms with Gasteiger partial charge in [-0.3, -0.25) is 0 Å². The van der Waals surface area contributed by atoms with Gasteiger partial charge < -0.3 is 4.90 Å². The highest BCUT2D eigenvalue weighted by Crippen LogP contribution is 2.47. The molecule has 3 aromatic rings. The summed E-state index contributed by atoms with van der Waals surface area (Å²) in [6.45, 7) is 0. The Morgan fingerprint density at radius 1 is 0.842 bits per heavy atom. The van der Waals surface area contributed by atoms with Gasteiger partial charge in [0, 0.05) is 34.4 Å². The summed E-state index contributed by atoms with van der Waals surface area (Å²) in [4.78, 5) is 2.24. The van der Waals surface area contributed by atoms with Crippen LogP contribution >= 0.6 is 11.6 Å². The number of anilines is 2. The number of benzene rings is 3. The van der Waals surface area contributed by atoms with Crippen LogP contribution in [-0.4, -0.2) is 7.05 Å². The molecule has 4 rings (SSSR count). The van der Waals surface area contributed by atoms with E-state index in [1.807, 2.05) is 6.07 Å². The number of halogens is 1. The van der Waals surface area contributed by atoms with Gasteiger partial charge in [0.05, 0.1) is 0 Å². The third kappa shape index (κ3) is 1.42. The van der Waals surface area contributed by atoms with E-state index in [0.29, 0.717) is 0 Å². The predicted octanol–water partition coefficient (Wildman–Crippen LogP) is 5.24. The van der Waals surface area contributed by atoms with E-state index in [-0.39, 0.29) is 0 Å². The molecule has 0 fully saturated rings. The lowest BCUT2D eigenvalue weighted by Gasteiger charge is -2.30. The van der Waals surface area contributed by atoms with Crippen LogP contribution in [0.1, 0.15) is 0 Å². The molecule has 0 spiro atoms. The molecule has 0 bridgehead atoms. The van der Waals surface area contributed by atoms with Crippen LogP contribution in [0.2, 0.25) is 5.02 Å². The molecule has 2 heteroatoms. The highest BCUT2D eigenvalue weighted by atomic mass is 35.5. The van der Waals surface area contributed by atoms with Crippen molar-refractivity contribution in [3.05, 3.63) is 59.6 Å². The zero-order valence-electron chi connectivity index (χ0n) is 10.5. The minimum atomic E-state index is 0.781. The monoisotopic (exact) mass is 265 g/mol. The second-order valence-corrected chi connectivity index (χ2v) is 5.34. The molecule has 19 heavy (non-hydrogen) atoms. The first-order valence-electron chi connectivity index (χ1n) is 6.31. The lowest BCUT2D eigenvalue weighted by atomic mass is 9.92. The Morgan fingerprint density at radius 3 is 2.47 bits per heavy atom. The zero-order chi connectivity index (χ0) is 13.0. The van der Waals surface area contributed by atoms with Gasteiger partial charge in [-0.15, -0.1) is 0 Å². The van der Waals surface area contributed by atoms with Gasteiger partial charge >= 0.3 is 0 Å². The Morgan fingerprint density at radius 2 is 1.63 bits per heavy atom. The number of hydrogen-bond acceptors (Lipinski definition) is 1. The highest BCUT2D eigenvalue weighted by molar-refractivity contribution is 6.31. The lowest BCUT2D eigenvalue weighted by molar-refractivity contribution is 1.21. The molecule has 1 heterocycles. The van der Waals surface area contributed by atoms with Gasteiger partial charge in [-0.2, -0.15) is 0 Å². The van der Waals surface area contributed by atoms with E-state index in [2.05, 4.69) is 60.5 Å². The maximum atomic E-state index is 6.17. The summed E-state index contributed by atoms with van der Waals surface area (Å²) in [7, 11) is 2.11. The summed E-state index contributed by atoms with van der Waals surface area (Å²) in [6.07, 6.45) is 0. The molecule has 1 aliphatic heterocycles. The first-order valence-corrected chi connectivity index (χ1v) is 6.69. The topological polar surface area (TPSA) is 3.24 Å². The van der Waals surface area contributed by atoms with E-state index in [1.165, 1.54) is 33.3 Å². The molecule has 0 saturated heterocycles. The molecule has 0 saturated carbocycles. The number of hydrogen-bond donors (Lipinski definition) is 0. The van der Waals surface area contributed by atoms with Gasteiger partial charge in [0.25, 0.3) is 0 Å². The molecule has 1 aliphatic rings. The maximum absolute atomic E-state index is 6.17. The lowest BCUT2D eigenvalue weighted by Crippen LogP contribution is -2.14. The van der Waals surface area contributed by atoms with Crippen molar-refractivity contribution in [2.45, 2.75) is 0 Å². The van der Waals surface area contributed by atoms with Crippen molar-refractivity contribution < 1.29 is 0 Å². The van der Waals surface area contributed by atoms with Crippen LogP contribution in [0.25, 0.3) is 21.9 Å². The van der Waals surface area contributed by atoms with Crippen LogP contribution in [0.5, 0.6) is 0 Å². The van der Waals surface area contributed by atoms with Crippen LogP contribution < -0.4 is 4.90 Å². The highest BCUT2D eigenvalue weighted by Gasteiger charge is 2.21. The normalized spacial score (nSPS) is 12.6. The minimum Gasteiger partial charge on any atom is -0.344 e. The second-order valence-electron chi connectivity index (χ2n) is 4.90. The van der Waals surface area contributed by atoms with Crippen molar-refractivity contribution in [1.82, 2.24) is 0 Å². The molecule has 0 radical (unpaired) electrons. The smallest absolute Gasteiger partial charge is 0.0494 e. The fraction of sp³-hybridized carbons (Fsp3) is 0.0588. The third-order valence-corrected chi connectivity index (χ3v) is 4.09. The van der Waals surface area contributed by atoms with Gasteiger partial charge in [0.2, 0.25) is 0 Å². The van der Waals surface area contributed by atoms with E-state index in [9.17, 15) is 0 Å². The van der Waals surface area contributed by atoms with Crippen molar-refractivity contribution in [3.63, 3.8) is 0 Å². The quantitative estimate of drug-likeness (QED) is 0.537. The molecular weight excluding hydrogens is 254 g/mol. The van der Waals surface area contributed by atoms with E-state index in [0.717, 1.165) is 5.02 Å². The predicted molar refractivity (Wildman–Crippen MR) is 82.5 cm³/mol. The van der Waals surface area contributed by atoms with Crippen LogP contribution in [0.15, 0.2) is 54.6 Å². The Balaban J connectivity index is 2.22. The number of rotatable bonds is 0. The van der Waals surface area contributed by atoms with E-state index < -0.39 is 0 Å². The Bertz CT molecular complexity index is 802. The summed E-state index contributed by atoms with van der Waals surface area (Å²) in [5.74, 6) is 0. The SMILES string of the molecule is CN1c2ccc(Cl)cc2-c2cccc3cccc1c23. The summed E-state index contributed by atoms with van der Waals surface area (Å²) in [6, 6.07) is 19.0. The first-order chi connectivity index (χ1) is 9.25. The molecule has 3 aromatic carbocycles. The molecular formula is C17H12ClN. The van der Waals surface area contributed by atoms with Crippen LogP contribution in [0, 0.1) is 0 Å². The first kappa shape index (κ1) is 10.9. The van der Waals surface area contributed by atoms with Crippen LogP contribution in [-0.2, 0) is 0 Å². The molecule has 0 amide bonds. The standard InChI is InChI=1S/C17H12ClN/c1-19-15-9-8-12(18)10-14(15)13-6-2-4-11-5-3-7-16(19)17(11)13/h2-10H,1H3. The molecule has 0 atom stereocenters. The molecule has 0 aliphatic carbocycles. The molecule has 92 valence electrons. The summed E-state index contributed by atoms with van der Waals surface area (Å²) in [5, 5.41) is 3.36. The Kier molecular flexibility index (Phi) is 2.15. The average molecular weight is 266 g/mol. The van der Waals surface area contributed by atoms with Gasteiger partial charge in [-0.1, -0.05) is 41.9 Å². The van der Waals surface area contributed by atoms with Gasteiger partial charge in [-0.05, 0) is 35.2 Å². The van der Waals surface area contributed by atoms with E-state index >= 15 is 0 Å². The van der Waals surface area contributed by atoms with Gasteiger partial charge in [0.1, 0.15) is 0 Å². The summed E-state index contributed by atoms with van der Waals surface area (Å²) >= 11 is 6.17. The number of nitrogens with zero attached hydrogens (tertiary/aromatic N) is 1. The second kappa shape index (κ2) is 3.75. The van der Waals surface area contributed by atoms with Crippen molar-refractivity contribution in [2.75, 3.05) is 11.9 Å². The van der Waals surface area contributed by atoms with Crippen LogP contribution in [0.4, 0.5) is 11.4 Å². The van der Waals surface area contributed by atoms with Gasteiger partial charge in [0.15, 0.2) is 0 Å². The van der Waals surface area contributed by atoms with Crippen molar-refractivity contribution in [1.29, 1.82) is 0 Å². The summed E-state index contributed by atoms with van der Waals surface area (Å²) < 4.78 is 0. The maximum Gasteiger partial charge on any atom is 0.0494 e. The summed E-state index contributed by atoms with van der Waals surface area (Å²) in [5.41, 5.74) is 4.93. The fourth-order valence-corrected chi connectivity index (χ4v) is 3.14. The number of fused-ring (bicyclic) bond motifs is 2. The van der Waals surface area contributed by atoms with Crippen LogP contribution in [0.3, 0.4) is 0 Å². The molecule has 0 N–H and O–H groups in total. The largest absolute Gasteiger partial charge is 0.344 e. The van der Waals surface area contributed by atoms with Crippen molar-refractivity contribution >= 4 is 33.7 Å².